The molecular weight excluding hydrogens is 453 g/mol. The first-order valence-corrected chi connectivity index (χ1v) is 10.5. The lowest BCUT2D eigenvalue weighted by molar-refractivity contribution is -0.136. The minimum atomic E-state index is -0.859. The lowest BCUT2D eigenvalue weighted by Crippen LogP contribution is -2.27. The minimum Gasteiger partial charge on any atom is -0.481 e. The quantitative estimate of drug-likeness (QED) is 0.311. The minimum absolute atomic E-state index is 0.0501. The summed E-state index contributed by atoms with van der Waals surface area (Å²) >= 11 is 18.5. The molecule has 0 bridgehead atoms. The van der Waals surface area contributed by atoms with Crippen molar-refractivity contribution in [3.8, 4) is 11.3 Å². The SMILES string of the molecule is O=C(O)CC/C=C/CN1C(=O)/C(=C\c2ccc(-c3ccc(Cl)c(Cl)c3)o2)SC1=S. The zero-order valence-electron chi connectivity index (χ0n) is 14.9. The molecule has 0 spiro atoms. The molecule has 0 unspecified atom stereocenters. The van der Waals surface area contributed by atoms with Gasteiger partial charge < -0.3 is 9.52 Å². The van der Waals surface area contributed by atoms with Crippen LogP contribution in [0.4, 0.5) is 0 Å². The summed E-state index contributed by atoms with van der Waals surface area (Å²) in [6.45, 7) is 0.300. The number of amides is 1. The van der Waals surface area contributed by atoms with E-state index in [4.69, 9.17) is 44.9 Å². The van der Waals surface area contributed by atoms with Crippen LogP contribution < -0.4 is 0 Å². The fraction of sp³-hybridized carbons (Fsp3) is 0.150. The Morgan fingerprint density at radius 2 is 2.00 bits per heavy atom. The van der Waals surface area contributed by atoms with Crippen molar-refractivity contribution in [2.75, 3.05) is 6.54 Å². The number of hydrogen-bond acceptors (Lipinski definition) is 5. The number of nitrogens with zero attached hydrogens (tertiary/aromatic N) is 1. The lowest BCUT2D eigenvalue weighted by Gasteiger charge is -2.10. The van der Waals surface area contributed by atoms with E-state index in [1.165, 1.54) is 16.7 Å². The van der Waals surface area contributed by atoms with Gasteiger partial charge in [0.15, 0.2) is 0 Å². The molecule has 1 fully saturated rings. The molecule has 0 radical (unpaired) electrons. The highest BCUT2D eigenvalue weighted by molar-refractivity contribution is 8.26. The first-order valence-electron chi connectivity index (χ1n) is 8.52. The van der Waals surface area contributed by atoms with Crippen LogP contribution in [-0.4, -0.2) is 32.7 Å². The molecule has 1 aromatic carbocycles. The van der Waals surface area contributed by atoms with Gasteiger partial charge in [-0.2, -0.15) is 0 Å². The molecule has 0 aliphatic carbocycles. The molecule has 2 heterocycles. The number of carboxylic acid groups (broad SMARTS) is 1. The summed E-state index contributed by atoms with van der Waals surface area (Å²) in [4.78, 5) is 25.0. The molecular formula is C20H15Cl2NO4S2. The molecule has 1 N–H and O–H groups in total. The van der Waals surface area contributed by atoms with Gasteiger partial charge in [-0.05, 0) is 36.8 Å². The van der Waals surface area contributed by atoms with Gasteiger partial charge in [-0.25, -0.2) is 0 Å². The largest absolute Gasteiger partial charge is 0.481 e. The van der Waals surface area contributed by atoms with Crippen molar-refractivity contribution >= 4 is 69.5 Å². The average molecular weight is 468 g/mol. The maximum absolute atomic E-state index is 12.6. The van der Waals surface area contributed by atoms with Crippen molar-refractivity contribution in [3.63, 3.8) is 0 Å². The number of carbonyl (C=O) groups is 2. The number of carbonyl (C=O) groups excluding carboxylic acids is 1. The maximum Gasteiger partial charge on any atom is 0.303 e. The third kappa shape index (κ3) is 5.51. The van der Waals surface area contributed by atoms with E-state index in [9.17, 15) is 9.59 Å². The highest BCUT2D eigenvalue weighted by atomic mass is 35.5. The van der Waals surface area contributed by atoms with Crippen LogP contribution in [-0.2, 0) is 9.59 Å². The van der Waals surface area contributed by atoms with Crippen molar-refractivity contribution < 1.29 is 19.1 Å². The Morgan fingerprint density at radius 1 is 1.21 bits per heavy atom. The summed E-state index contributed by atoms with van der Waals surface area (Å²) in [6, 6.07) is 8.75. The molecule has 2 aromatic rings. The second-order valence-electron chi connectivity index (χ2n) is 6.03. The second-order valence-corrected chi connectivity index (χ2v) is 8.52. The van der Waals surface area contributed by atoms with Gasteiger partial charge >= 0.3 is 5.97 Å². The van der Waals surface area contributed by atoms with Crippen LogP contribution >= 0.6 is 47.2 Å². The number of carboxylic acids is 1. The topological polar surface area (TPSA) is 70.8 Å². The molecule has 0 saturated carbocycles. The zero-order valence-corrected chi connectivity index (χ0v) is 18.1. The Hall–Kier alpha value is -2.06. The Balaban J connectivity index is 1.69. The predicted molar refractivity (Wildman–Crippen MR) is 120 cm³/mol. The number of rotatable bonds is 7. The van der Waals surface area contributed by atoms with Crippen LogP contribution in [0.1, 0.15) is 18.6 Å². The highest BCUT2D eigenvalue weighted by Crippen LogP contribution is 2.34. The summed E-state index contributed by atoms with van der Waals surface area (Å²) in [5.74, 6) is 0.0486. The van der Waals surface area contributed by atoms with Gasteiger partial charge in [-0.3, -0.25) is 14.5 Å². The Morgan fingerprint density at radius 3 is 2.72 bits per heavy atom. The van der Waals surface area contributed by atoms with Crippen LogP contribution in [0.3, 0.4) is 0 Å². The van der Waals surface area contributed by atoms with E-state index in [0.29, 0.717) is 43.8 Å². The van der Waals surface area contributed by atoms with Gasteiger partial charge in [-0.15, -0.1) is 0 Å². The molecule has 1 amide bonds. The highest BCUT2D eigenvalue weighted by Gasteiger charge is 2.31. The predicted octanol–water partition coefficient (Wildman–Crippen LogP) is 5.88. The number of benzene rings is 1. The number of halogens is 2. The third-order valence-corrected chi connectivity index (χ3v) is 6.07. The van der Waals surface area contributed by atoms with Crippen molar-refractivity contribution in [1.82, 2.24) is 4.90 Å². The van der Waals surface area contributed by atoms with E-state index in [1.807, 2.05) is 0 Å². The van der Waals surface area contributed by atoms with Crippen LogP contribution in [0, 0.1) is 0 Å². The van der Waals surface area contributed by atoms with Crippen LogP contribution in [0.5, 0.6) is 0 Å². The molecule has 3 rings (SSSR count). The van der Waals surface area contributed by atoms with Crippen molar-refractivity contribution in [2.45, 2.75) is 12.8 Å². The smallest absolute Gasteiger partial charge is 0.303 e. The molecule has 1 aliphatic rings. The van der Waals surface area contributed by atoms with Crippen molar-refractivity contribution in [1.29, 1.82) is 0 Å². The summed E-state index contributed by atoms with van der Waals surface area (Å²) < 4.78 is 6.25. The number of furan rings is 1. The summed E-state index contributed by atoms with van der Waals surface area (Å²) in [6.07, 6.45) is 5.57. The van der Waals surface area contributed by atoms with E-state index in [0.717, 1.165) is 5.56 Å². The third-order valence-electron chi connectivity index (χ3n) is 3.96. The number of thioether (sulfide) groups is 1. The van der Waals surface area contributed by atoms with E-state index in [2.05, 4.69) is 0 Å². The van der Waals surface area contributed by atoms with Crippen molar-refractivity contribution in [2.24, 2.45) is 0 Å². The van der Waals surface area contributed by atoms with Crippen molar-refractivity contribution in [3.05, 3.63) is 63.2 Å². The Bertz CT molecular complexity index is 1030. The van der Waals surface area contributed by atoms with Gasteiger partial charge in [0.25, 0.3) is 5.91 Å². The first-order chi connectivity index (χ1) is 13.8. The fourth-order valence-electron chi connectivity index (χ4n) is 2.53. The van der Waals surface area contributed by atoms with Crippen LogP contribution in [0.15, 0.2) is 51.8 Å². The van der Waals surface area contributed by atoms with Gasteiger partial charge in [-0.1, -0.05) is 59.3 Å². The standard InChI is InChI=1S/C20H15Cl2NO4S2/c21-14-7-5-12(10-15(14)22)16-8-6-13(27-16)11-17-19(26)23(20(28)29-17)9-3-1-2-4-18(24)25/h1,3,5-8,10-11H,2,4,9H2,(H,24,25)/b3-1+,17-11+. The number of hydrogen-bond donors (Lipinski definition) is 1. The normalized spacial score (nSPS) is 15.8. The van der Waals surface area contributed by atoms with Gasteiger partial charge in [0.05, 0.1) is 15.0 Å². The molecule has 1 saturated heterocycles. The monoisotopic (exact) mass is 467 g/mol. The second kappa shape index (κ2) is 9.63. The summed E-state index contributed by atoms with van der Waals surface area (Å²) in [5.41, 5.74) is 0.776. The number of thiocarbonyl (C=S) groups is 1. The molecule has 29 heavy (non-hydrogen) atoms. The zero-order chi connectivity index (χ0) is 21.0. The number of allylic oxidation sites excluding steroid dienone is 1. The van der Waals surface area contributed by atoms with E-state index in [-0.39, 0.29) is 12.3 Å². The van der Waals surface area contributed by atoms with E-state index < -0.39 is 5.97 Å². The number of aliphatic carboxylic acids is 1. The van der Waals surface area contributed by atoms with Crippen LogP contribution in [0.2, 0.25) is 10.0 Å². The van der Waals surface area contributed by atoms with E-state index in [1.54, 1.807) is 48.6 Å². The maximum atomic E-state index is 12.6. The van der Waals surface area contributed by atoms with Gasteiger partial charge in [0.1, 0.15) is 15.8 Å². The molecule has 0 atom stereocenters. The summed E-state index contributed by atoms with van der Waals surface area (Å²) in [7, 11) is 0. The summed E-state index contributed by atoms with van der Waals surface area (Å²) in [5, 5.41) is 9.52. The van der Waals surface area contributed by atoms with Crippen LogP contribution in [0.25, 0.3) is 17.4 Å². The average Bonchev–Trinajstić information content (AvgIpc) is 3.23. The molecule has 5 nitrogen and oxygen atoms in total. The Kier molecular flexibility index (Phi) is 7.18. The lowest BCUT2D eigenvalue weighted by atomic mass is 10.2. The van der Waals surface area contributed by atoms with Gasteiger partial charge in [0.2, 0.25) is 0 Å². The van der Waals surface area contributed by atoms with Gasteiger partial charge in [0, 0.05) is 24.6 Å². The Labute approximate surface area is 187 Å². The molecule has 150 valence electrons. The molecule has 9 heteroatoms. The first kappa shape index (κ1) is 21.6. The van der Waals surface area contributed by atoms with E-state index >= 15 is 0 Å². The fourth-order valence-corrected chi connectivity index (χ4v) is 4.08. The molecule has 1 aromatic heterocycles. The molecule has 1 aliphatic heterocycles.